The summed E-state index contributed by atoms with van der Waals surface area (Å²) in [6.07, 6.45) is 1.76. The second-order valence-corrected chi connectivity index (χ2v) is 5.90. The fourth-order valence-electron chi connectivity index (χ4n) is 3.07. The molecule has 1 fully saturated rings. The van der Waals surface area contributed by atoms with Gasteiger partial charge in [-0.15, -0.1) is 0 Å². The minimum atomic E-state index is -1.86. The number of nitrogens with zero attached hydrogens (tertiary/aromatic N) is 1. The van der Waals surface area contributed by atoms with Crippen LogP contribution in [-0.2, 0) is 12.8 Å². The predicted molar refractivity (Wildman–Crippen MR) is 91.2 cm³/mol. The molecule has 112 valence electrons. The van der Waals surface area contributed by atoms with Crippen LogP contribution >= 0.6 is 11.6 Å². The van der Waals surface area contributed by atoms with Crippen molar-refractivity contribution in [2.75, 3.05) is 13.0 Å². The van der Waals surface area contributed by atoms with Gasteiger partial charge in [-0.1, -0.05) is 29.3 Å². The summed E-state index contributed by atoms with van der Waals surface area (Å²) in [6.45, 7) is -3.73. The number of piperidine rings is 1. The molecule has 1 N–H and O–H groups in total. The molecule has 1 unspecified atom stereocenters. The summed E-state index contributed by atoms with van der Waals surface area (Å²) in [7, 11) is 0. The van der Waals surface area contributed by atoms with E-state index in [4.69, 9.17) is 18.5 Å². The predicted octanol–water partition coefficient (Wildman–Crippen LogP) is 4.02. The lowest BCUT2D eigenvalue weighted by Gasteiger charge is -2.21. The number of benzene rings is 1. The number of rotatable bonds is 0. The van der Waals surface area contributed by atoms with Gasteiger partial charge in [-0.3, -0.25) is 4.98 Å². The van der Waals surface area contributed by atoms with Gasteiger partial charge < -0.3 is 5.32 Å². The Hall–Kier alpha value is -1.64. The summed E-state index contributed by atoms with van der Waals surface area (Å²) in [5.74, 6) is 0. The van der Waals surface area contributed by atoms with E-state index in [-0.39, 0.29) is 12.8 Å². The van der Waals surface area contributed by atoms with Crippen molar-refractivity contribution in [1.29, 1.82) is 0 Å². The van der Waals surface area contributed by atoms with Gasteiger partial charge in [-0.2, -0.15) is 0 Å². The molecule has 0 radical (unpaired) electrons. The van der Waals surface area contributed by atoms with Crippen LogP contribution in [-0.4, -0.2) is 18.0 Å². The van der Waals surface area contributed by atoms with Crippen molar-refractivity contribution in [3.63, 3.8) is 0 Å². The topological polar surface area (TPSA) is 24.9 Å². The average Bonchev–Trinajstić information content (AvgIpc) is 2.66. The third-order valence-corrected chi connectivity index (χ3v) is 4.32. The number of pyridine rings is 1. The van der Waals surface area contributed by atoms with Gasteiger partial charge >= 0.3 is 0 Å². The Morgan fingerprint density at radius 2 is 1.95 bits per heavy atom. The molecule has 0 spiro atoms. The average molecular weight is 316 g/mol. The molecule has 2 nitrogen and oxygen atoms in total. The first-order valence-corrected chi connectivity index (χ1v) is 7.71. The molecule has 0 bridgehead atoms. The van der Waals surface area contributed by atoms with Crippen LogP contribution in [0.2, 0.25) is 5.02 Å². The van der Waals surface area contributed by atoms with Crippen LogP contribution in [0.25, 0.3) is 5.57 Å². The van der Waals surface area contributed by atoms with Gasteiger partial charge in [0, 0.05) is 23.6 Å². The van der Waals surface area contributed by atoms with Gasteiger partial charge in [-0.25, -0.2) is 0 Å². The molecule has 4 rings (SSSR count). The Kier molecular flexibility index (Phi) is 2.53. The summed E-state index contributed by atoms with van der Waals surface area (Å²) in [5.41, 5.74) is 4.58. The molecule has 1 atom stereocenters. The number of aromatic nitrogens is 1. The number of nitrogens with one attached hydrogen (secondary N) is 1. The molecule has 1 aromatic heterocycles. The van der Waals surface area contributed by atoms with Crippen molar-refractivity contribution in [3.8, 4) is 0 Å². The molecule has 2 aliphatic rings. The molecular weight excluding hydrogens is 292 g/mol. The second-order valence-electron chi connectivity index (χ2n) is 5.46. The molecule has 2 heterocycles. The third kappa shape index (κ3) is 2.47. The Morgan fingerprint density at radius 3 is 2.82 bits per heavy atom. The van der Waals surface area contributed by atoms with Gasteiger partial charge in [0.05, 0.1) is 5.69 Å². The first-order valence-electron chi connectivity index (χ1n) is 9.91. The van der Waals surface area contributed by atoms with E-state index < -0.39 is 19.4 Å². The molecular formula is C19H19ClN2. The highest BCUT2D eigenvalue weighted by Crippen LogP contribution is 2.37. The molecule has 1 aliphatic carbocycles. The normalized spacial score (nSPS) is 29.0. The zero-order valence-corrected chi connectivity index (χ0v) is 12.7. The maximum absolute atomic E-state index is 8.61. The molecule has 1 aromatic carbocycles. The highest BCUT2D eigenvalue weighted by atomic mass is 35.5. The summed E-state index contributed by atoms with van der Waals surface area (Å²) in [4.78, 5) is 4.55. The lowest BCUT2D eigenvalue weighted by molar-refractivity contribution is 0.611. The van der Waals surface area contributed by atoms with Gasteiger partial charge in [0.2, 0.25) is 0 Å². The zero-order chi connectivity index (χ0) is 19.4. The van der Waals surface area contributed by atoms with Gasteiger partial charge in [-0.05, 0) is 73.5 Å². The SMILES string of the molecule is [2H]C1Cc2cccnc2C(=C2CC([2H])([2H])NC([2H])([2H])C2)c2ccc(Cl)cc21. The fourth-order valence-corrected chi connectivity index (χ4v) is 3.25. The summed E-state index contributed by atoms with van der Waals surface area (Å²) in [6, 6.07) is 9.15. The third-order valence-electron chi connectivity index (χ3n) is 4.09. The Morgan fingerprint density at radius 1 is 1.09 bits per heavy atom. The Bertz CT molecular complexity index is 923. The maximum atomic E-state index is 8.61. The lowest BCUT2D eigenvalue weighted by atomic mass is 9.89. The van der Waals surface area contributed by atoms with Crippen LogP contribution in [0.5, 0.6) is 0 Å². The maximum Gasteiger partial charge on any atom is 0.0739 e. The Labute approximate surface area is 143 Å². The standard InChI is InChI=1S/C19H19ClN2/c20-16-5-6-17-15(12-16)4-3-14-2-1-9-22-19(14)18(17)13-7-10-21-11-8-13/h1-2,5-6,9,12,21H,3-4,7-8,10-11H2/i4D,10D2,11D2. The highest BCUT2D eigenvalue weighted by Gasteiger charge is 2.23. The van der Waals surface area contributed by atoms with Crippen LogP contribution in [0.4, 0.5) is 0 Å². The number of fused-ring (bicyclic) bond motifs is 2. The zero-order valence-electron chi connectivity index (χ0n) is 17.0. The Balaban J connectivity index is 2.03. The van der Waals surface area contributed by atoms with E-state index in [0.29, 0.717) is 22.7 Å². The number of halogens is 1. The van der Waals surface area contributed by atoms with Crippen molar-refractivity contribution in [1.82, 2.24) is 10.3 Å². The molecule has 22 heavy (non-hydrogen) atoms. The van der Waals surface area contributed by atoms with E-state index in [1.807, 2.05) is 18.2 Å². The minimum Gasteiger partial charge on any atom is -0.316 e. The second kappa shape index (κ2) is 5.86. The molecule has 1 aliphatic heterocycles. The highest BCUT2D eigenvalue weighted by molar-refractivity contribution is 6.30. The summed E-state index contributed by atoms with van der Waals surface area (Å²) >= 11 is 6.19. The molecule has 1 saturated heterocycles. The number of aryl methyl sites for hydroxylation is 2. The monoisotopic (exact) mass is 315 g/mol. The fraction of sp³-hybridized carbons (Fsp3) is 0.316. The van der Waals surface area contributed by atoms with E-state index in [0.717, 1.165) is 22.3 Å². The number of hydrogen-bond donors (Lipinski definition) is 1. The molecule has 0 saturated carbocycles. The summed E-state index contributed by atoms with van der Waals surface area (Å²) < 4.78 is 41.1. The van der Waals surface area contributed by atoms with Crippen LogP contribution in [0.15, 0.2) is 42.1 Å². The van der Waals surface area contributed by atoms with E-state index in [9.17, 15) is 0 Å². The molecule has 3 heteroatoms. The number of hydrogen-bond acceptors (Lipinski definition) is 2. The van der Waals surface area contributed by atoms with E-state index in [1.165, 1.54) is 0 Å². The lowest BCUT2D eigenvalue weighted by Crippen LogP contribution is -2.24. The van der Waals surface area contributed by atoms with Crippen molar-refractivity contribution in [2.45, 2.75) is 25.7 Å². The van der Waals surface area contributed by atoms with Crippen molar-refractivity contribution in [2.24, 2.45) is 0 Å². The van der Waals surface area contributed by atoms with Gasteiger partial charge in [0.25, 0.3) is 0 Å². The first kappa shape index (κ1) is 9.49. The van der Waals surface area contributed by atoms with Gasteiger partial charge in [0.15, 0.2) is 0 Å². The first-order chi connectivity index (χ1) is 12.7. The van der Waals surface area contributed by atoms with Crippen molar-refractivity contribution in [3.05, 3.63) is 69.5 Å². The van der Waals surface area contributed by atoms with Crippen LogP contribution in [0.3, 0.4) is 0 Å². The van der Waals surface area contributed by atoms with Crippen LogP contribution in [0, 0.1) is 0 Å². The minimum absolute atomic E-state index is 0.0581. The van der Waals surface area contributed by atoms with Crippen LogP contribution in [0.1, 0.15) is 42.1 Å². The molecule has 0 amide bonds. The van der Waals surface area contributed by atoms with E-state index in [2.05, 4.69) is 10.3 Å². The van der Waals surface area contributed by atoms with E-state index >= 15 is 0 Å². The van der Waals surface area contributed by atoms with Crippen LogP contribution < -0.4 is 5.32 Å². The molecule has 2 aromatic rings. The smallest absolute Gasteiger partial charge is 0.0739 e. The quantitative estimate of drug-likeness (QED) is 0.794. The van der Waals surface area contributed by atoms with Crippen molar-refractivity contribution >= 4 is 17.2 Å². The summed E-state index contributed by atoms with van der Waals surface area (Å²) in [5, 5.41) is 2.98. The van der Waals surface area contributed by atoms with Crippen molar-refractivity contribution < 1.29 is 6.85 Å². The van der Waals surface area contributed by atoms with Gasteiger partial charge in [0.1, 0.15) is 0 Å². The van der Waals surface area contributed by atoms with E-state index in [1.54, 1.807) is 18.3 Å². The largest absolute Gasteiger partial charge is 0.316 e.